The van der Waals surface area contributed by atoms with Crippen LogP contribution in [0.15, 0.2) is 42.5 Å². The molecule has 2 aromatic rings. The van der Waals surface area contributed by atoms with Crippen molar-refractivity contribution in [1.29, 1.82) is 0 Å². The van der Waals surface area contributed by atoms with Gasteiger partial charge in [-0.25, -0.2) is 0 Å². The smallest absolute Gasteiger partial charge is 0.378 e. The minimum absolute atomic E-state index is 0.0461. The molecular weight excluding hydrogens is 363 g/mol. The lowest BCUT2D eigenvalue weighted by Gasteiger charge is -2.30. The van der Waals surface area contributed by atoms with Crippen molar-refractivity contribution in [2.75, 3.05) is 36.5 Å². The molecule has 6 nitrogen and oxygen atoms in total. The number of anilines is 2. The van der Waals surface area contributed by atoms with Crippen LogP contribution in [-0.4, -0.2) is 31.2 Å². The Morgan fingerprint density at radius 2 is 1.85 bits per heavy atom. The zero-order valence-corrected chi connectivity index (χ0v) is 14.3. The third-order valence-electron chi connectivity index (χ3n) is 4.33. The van der Waals surface area contributed by atoms with Gasteiger partial charge >= 0.3 is 6.18 Å². The molecule has 0 spiro atoms. The number of hydrogen-bond acceptors (Lipinski definition) is 5. The van der Waals surface area contributed by atoms with Crippen molar-refractivity contribution in [1.82, 2.24) is 0 Å². The Kier molecular flexibility index (Phi) is 5.50. The molecule has 0 bridgehead atoms. The minimum atomic E-state index is -4.63. The molecule has 144 valence electrons. The molecule has 1 heterocycles. The van der Waals surface area contributed by atoms with Crippen LogP contribution in [0.5, 0.6) is 0 Å². The van der Waals surface area contributed by atoms with E-state index in [1.165, 1.54) is 0 Å². The lowest BCUT2D eigenvalue weighted by atomic mass is 10.1. The Labute approximate surface area is 153 Å². The van der Waals surface area contributed by atoms with Crippen LogP contribution in [-0.2, 0) is 17.5 Å². The summed E-state index contributed by atoms with van der Waals surface area (Å²) in [4.78, 5) is 12.5. The Morgan fingerprint density at radius 1 is 1.15 bits per heavy atom. The van der Waals surface area contributed by atoms with Crippen LogP contribution in [0, 0.1) is 10.1 Å². The van der Waals surface area contributed by atoms with Crippen LogP contribution in [0.2, 0.25) is 0 Å². The van der Waals surface area contributed by atoms with Gasteiger partial charge in [-0.2, -0.15) is 13.2 Å². The molecule has 0 aromatic heterocycles. The summed E-state index contributed by atoms with van der Waals surface area (Å²) in [5, 5.41) is 14.1. The fourth-order valence-corrected chi connectivity index (χ4v) is 2.97. The van der Waals surface area contributed by atoms with Crippen molar-refractivity contribution in [3.63, 3.8) is 0 Å². The number of nitrogens with one attached hydrogen (secondary N) is 1. The summed E-state index contributed by atoms with van der Waals surface area (Å²) in [7, 11) is 0. The van der Waals surface area contributed by atoms with E-state index in [1.54, 1.807) is 0 Å². The first-order valence-electron chi connectivity index (χ1n) is 8.36. The molecule has 1 saturated heterocycles. The van der Waals surface area contributed by atoms with Crippen LogP contribution >= 0.6 is 0 Å². The van der Waals surface area contributed by atoms with Crippen molar-refractivity contribution in [2.24, 2.45) is 0 Å². The first-order chi connectivity index (χ1) is 12.9. The van der Waals surface area contributed by atoms with Gasteiger partial charge in [-0.15, -0.1) is 0 Å². The van der Waals surface area contributed by atoms with Crippen molar-refractivity contribution in [3.05, 3.63) is 63.7 Å². The second-order valence-electron chi connectivity index (χ2n) is 6.07. The highest BCUT2D eigenvalue weighted by atomic mass is 19.4. The van der Waals surface area contributed by atoms with Crippen LogP contribution < -0.4 is 10.2 Å². The Balaban J connectivity index is 1.82. The molecular formula is C18H18F3N3O3. The van der Waals surface area contributed by atoms with Gasteiger partial charge in [0.05, 0.1) is 23.7 Å². The van der Waals surface area contributed by atoms with Gasteiger partial charge in [0, 0.05) is 31.4 Å². The molecule has 9 heteroatoms. The molecule has 27 heavy (non-hydrogen) atoms. The van der Waals surface area contributed by atoms with Crippen LogP contribution in [0.4, 0.5) is 30.2 Å². The Bertz CT molecular complexity index is 821. The van der Waals surface area contributed by atoms with E-state index in [-0.39, 0.29) is 12.2 Å². The largest absolute Gasteiger partial charge is 0.416 e. The molecule has 0 unspecified atom stereocenters. The summed E-state index contributed by atoms with van der Waals surface area (Å²) in [5.41, 5.74) is 0.267. The molecule has 0 saturated carbocycles. The topological polar surface area (TPSA) is 67.6 Å². The van der Waals surface area contributed by atoms with Gasteiger partial charge in [0.25, 0.3) is 5.69 Å². The van der Waals surface area contributed by atoms with E-state index in [4.69, 9.17) is 4.74 Å². The summed E-state index contributed by atoms with van der Waals surface area (Å²) in [5.74, 6) is 0. The molecule has 0 atom stereocenters. The van der Waals surface area contributed by atoms with Crippen LogP contribution in [0.3, 0.4) is 0 Å². The molecule has 2 aromatic carbocycles. The lowest BCUT2D eigenvalue weighted by molar-refractivity contribution is -0.384. The summed E-state index contributed by atoms with van der Waals surface area (Å²) < 4.78 is 43.8. The van der Waals surface area contributed by atoms with Gasteiger partial charge in [-0.1, -0.05) is 18.2 Å². The molecule has 1 aliphatic rings. The molecule has 1 aliphatic heterocycles. The maximum atomic E-state index is 12.8. The van der Waals surface area contributed by atoms with E-state index >= 15 is 0 Å². The van der Waals surface area contributed by atoms with E-state index in [9.17, 15) is 23.3 Å². The fourth-order valence-electron chi connectivity index (χ4n) is 2.97. The number of halogens is 3. The summed E-state index contributed by atoms with van der Waals surface area (Å²) >= 11 is 0. The second kappa shape index (κ2) is 7.83. The number of nitrogens with zero attached hydrogens (tertiary/aromatic N) is 2. The molecule has 3 rings (SSSR count). The van der Waals surface area contributed by atoms with Gasteiger partial charge < -0.3 is 15.0 Å². The third kappa shape index (κ3) is 4.48. The third-order valence-corrected chi connectivity index (χ3v) is 4.33. The number of nitro groups is 1. The molecule has 0 radical (unpaired) electrons. The number of rotatable bonds is 5. The van der Waals surface area contributed by atoms with Gasteiger partial charge in [0.1, 0.15) is 5.69 Å². The average molecular weight is 381 g/mol. The maximum absolute atomic E-state index is 12.8. The van der Waals surface area contributed by atoms with E-state index in [1.807, 2.05) is 24.3 Å². The van der Waals surface area contributed by atoms with E-state index in [2.05, 4.69) is 10.2 Å². The fraction of sp³-hybridized carbons (Fsp3) is 0.333. The highest BCUT2D eigenvalue weighted by molar-refractivity contribution is 5.64. The average Bonchev–Trinajstić information content (AvgIpc) is 2.66. The Morgan fingerprint density at radius 3 is 2.52 bits per heavy atom. The van der Waals surface area contributed by atoms with E-state index in [0.29, 0.717) is 19.3 Å². The van der Waals surface area contributed by atoms with E-state index < -0.39 is 22.4 Å². The zero-order valence-electron chi connectivity index (χ0n) is 14.3. The van der Waals surface area contributed by atoms with Crippen molar-refractivity contribution >= 4 is 17.1 Å². The summed E-state index contributed by atoms with van der Waals surface area (Å²) in [6, 6.07) is 10.1. The highest BCUT2D eigenvalue weighted by Gasteiger charge is 2.33. The number of ether oxygens (including phenoxy) is 1. The summed E-state index contributed by atoms with van der Waals surface area (Å²) in [6.07, 6.45) is -4.63. The lowest BCUT2D eigenvalue weighted by Crippen LogP contribution is -2.36. The number of hydrogen-bond donors (Lipinski definition) is 1. The van der Waals surface area contributed by atoms with Crippen molar-refractivity contribution < 1.29 is 22.8 Å². The van der Waals surface area contributed by atoms with Crippen molar-refractivity contribution in [2.45, 2.75) is 12.7 Å². The quantitative estimate of drug-likeness (QED) is 0.625. The van der Waals surface area contributed by atoms with Gasteiger partial charge in [0.15, 0.2) is 0 Å². The van der Waals surface area contributed by atoms with E-state index in [0.717, 1.165) is 36.5 Å². The molecule has 0 amide bonds. The van der Waals surface area contributed by atoms with Gasteiger partial charge in [-0.3, -0.25) is 10.1 Å². The number of alkyl halides is 3. The minimum Gasteiger partial charge on any atom is -0.378 e. The SMILES string of the molecule is O=[N+]([O-])c1cc(C(F)(F)F)ccc1NCc1ccccc1N1CCOCC1. The maximum Gasteiger partial charge on any atom is 0.416 e. The normalized spacial score (nSPS) is 14.9. The zero-order chi connectivity index (χ0) is 19.4. The highest BCUT2D eigenvalue weighted by Crippen LogP contribution is 2.35. The van der Waals surface area contributed by atoms with Gasteiger partial charge in [-0.05, 0) is 23.8 Å². The molecule has 1 fully saturated rings. The van der Waals surface area contributed by atoms with Gasteiger partial charge in [0.2, 0.25) is 0 Å². The first-order valence-corrected chi connectivity index (χ1v) is 8.36. The standard InChI is InChI=1S/C18H18F3N3O3/c19-18(20,21)14-5-6-15(17(11-14)24(25)26)22-12-13-3-1-2-4-16(13)23-7-9-27-10-8-23/h1-6,11,22H,7-10,12H2. The monoisotopic (exact) mass is 381 g/mol. The van der Waals surface area contributed by atoms with Crippen molar-refractivity contribution in [3.8, 4) is 0 Å². The number of benzene rings is 2. The second-order valence-corrected chi connectivity index (χ2v) is 6.07. The number of para-hydroxylation sites is 1. The summed E-state index contributed by atoms with van der Waals surface area (Å²) in [6.45, 7) is 2.95. The predicted octanol–water partition coefficient (Wildman–Crippen LogP) is 4.06. The molecule has 1 N–H and O–H groups in total. The van der Waals surface area contributed by atoms with Crippen LogP contribution in [0.25, 0.3) is 0 Å². The number of morpholine rings is 1. The molecule has 0 aliphatic carbocycles. The Hall–Kier alpha value is -2.81. The predicted molar refractivity (Wildman–Crippen MR) is 94.9 cm³/mol. The number of nitro benzene ring substituents is 1. The first kappa shape index (κ1) is 19.0. The van der Waals surface area contributed by atoms with Crippen LogP contribution in [0.1, 0.15) is 11.1 Å².